The highest BCUT2D eigenvalue weighted by Crippen LogP contribution is 2.29. The molecule has 0 saturated carbocycles. The predicted octanol–water partition coefficient (Wildman–Crippen LogP) is 2.15. The SMILES string of the molecule is CN(C)CCC1CCCN1C(=O)c1ccc2c(c1)CCC(=O)N2C. The van der Waals surface area contributed by atoms with Gasteiger partial charge >= 0.3 is 0 Å². The van der Waals surface area contributed by atoms with Gasteiger partial charge in [0, 0.05) is 37.3 Å². The quantitative estimate of drug-likeness (QED) is 0.850. The van der Waals surface area contributed by atoms with Gasteiger partial charge in [0.15, 0.2) is 0 Å². The van der Waals surface area contributed by atoms with Gasteiger partial charge in [-0.05, 0) is 70.1 Å². The van der Waals surface area contributed by atoms with Crippen molar-refractivity contribution < 1.29 is 9.59 Å². The molecule has 1 fully saturated rings. The number of likely N-dealkylation sites (tertiary alicyclic amines) is 1. The third-order valence-electron chi connectivity index (χ3n) is 5.22. The zero-order valence-corrected chi connectivity index (χ0v) is 14.9. The van der Waals surface area contributed by atoms with Crippen LogP contribution in [0.1, 0.15) is 41.6 Å². The number of carbonyl (C=O) groups is 2. The number of carbonyl (C=O) groups excluding carboxylic acids is 2. The van der Waals surface area contributed by atoms with Crippen LogP contribution in [0.15, 0.2) is 18.2 Å². The summed E-state index contributed by atoms with van der Waals surface area (Å²) in [5.74, 6) is 0.281. The Hall–Kier alpha value is -1.88. The van der Waals surface area contributed by atoms with E-state index in [9.17, 15) is 9.59 Å². The van der Waals surface area contributed by atoms with Gasteiger partial charge in [-0.3, -0.25) is 9.59 Å². The molecule has 0 aromatic heterocycles. The number of fused-ring (bicyclic) bond motifs is 1. The third kappa shape index (κ3) is 3.31. The van der Waals surface area contributed by atoms with Crippen LogP contribution >= 0.6 is 0 Å². The summed E-state index contributed by atoms with van der Waals surface area (Å²) in [5, 5.41) is 0. The second-order valence-corrected chi connectivity index (χ2v) is 7.18. The van der Waals surface area contributed by atoms with Crippen LogP contribution in [0.2, 0.25) is 0 Å². The Kier molecular flexibility index (Phi) is 4.90. The highest BCUT2D eigenvalue weighted by molar-refractivity contribution is 5.99. The Morgan fingerprint density at radius 2 is 2.08 bits per heavy atom. The fraction of sp³-hybridized carbons (Fsp3) is 0.579. The van der Waals surface area contributed by atoms with Gasteiger partial charge in [0.2, 0.25) is 5.91 Å². The molecule has 0 radical (unpaired) electrons. The van der Waals surface area contributed by atoms with Gasteiger partial charge in [-0.25, -0.2) is 0 Å². The van der Waals surface area contributed by atoms with Gasteiger partial charge in [0.05, 0.1) is 0 Å². The van der Waals surface area contributed by atoms with Gasteiger partial charge < -0.3 is 14.7 Å². The van der Waals surface area contributed by atoms with E-state index >= 15 is 0 Å². The number of nitrogens with zero attached hydrogens (tertiary/aromatic N) is 3. The summed E-state index contributed by atoms with van der Waals surface area (Å²) in [6.07, 6.45) is 4.47. The highest BCUT2D eigenvalue weighted by atomic mass is 16.2. The molecule has 1 aromatic carbocycles. The molecular formula is C19H27N3O2. The number of hydrogen-bond acceptors (Lipinski definition) is 3. The van der Waals surface area contributed by atoms with Crippen LogP contribution in [0.3, 0.4) is 0 Å². The van der Waals surface area contributed by atoms with E-state index in [0.717, 1.165) is 55.6 Å². The molecule has 1 aromatic rings. The molecule has 5 heteroatoms. The first-order valence-corrected chi connectivity index (χ1v) is 8.82. The van der Waals surface area contributed by atoms with Crippen molar-refractivity contribution in [2.45, 2.75) is 38.1 Å². The Labute approximate surface area is 144 Å². The normalized spacial score (nSPS) is 20.7. The maximum Gasteiger partial charge on any atom is 0.254 e. The summed E-state index contributed by atoms with van der Waals surface area (Å²) < 4.78 is 0. The van der Waals surface area contributed by atoms with Gasteiger partial charge in [-0.15, -0.1) is 0 Å². The molecule has 5 nitrogen and oxygen atoms in total. The van der Waals surface area contributed by atoms with Gasteiger partial charge in [-0.2, -0.15) is 0 Å². The number of anilines is 1. The average molecular weight is 329 g/mol. The van der Waals surface area contributed by atoms with Crippen molar-refractivity contribution in [3.63, 3.8) is 0 Å². The van der Waals surface area contributed by atoms with Crippen molar-refractivity contribution in [1.29, 1.82) is 0 Å². The molecule has 1 saturated heterocycles. The number of benzene rings is 1. The van der Waals surface area contributed by atoms with Crippen molar-refractivity contribution >= 4 is 17.5 Å². The summed E-state index contributed by atoms with van der Waals surface area (Å²) in [4.78, 5) is 30.7. The lowest BCUT2D eigenvalue weighted by atomic mass is 9.98. The fourth-order valence-corrected chi connectivity index (χ4v) is 3.77. The Bertz CT molecular complexity index is 641. The molecule has 2 amide bonds. The minimum atomic E-state index is 0.138. The standard InChI is InChI=1S/C19H27N3O2/c1-20(2)12-10-16-5-4-11-22(16)19(24)15-6-8-17-14(13-15)7-9-18(23)21(17)3/h6,8,13,16H,4-5,7,9-12H2,1-3H3. The number of aryl methyl sites for hydroxylation is 1. The van der Waals surface area contributed by atoms with Crippen LogP contribution < -0.4 is 4.90 Å². The summed E-state index contributed by atoms with van der Waals surface area (Å²) in [7, 11) is 5.95. The van der Waals surface area contributed by atoms with Crippen LogP contribution in [0.4, 0.5) is 5.69 Å². The molecule has 1 unspecified atom stereocenters. The lowest BCUT2D eigenvalue weighted by Crippen LogP contribution is -2.37. The summed E-state index contributed by atoms with van der Waals surface area (Å²) in [5.41, 5.74) is 2.80. The maximum absolute atomic E-state index is 13.0. The Morgan fingerprint density at radius 3 is 2.83 bits per heavy atom. The predicted molar refractivity (Wildman–Crippen MR) is 95.4 cm³/mol. The highest BCUT2D eigenvalue weighted by Gasteiger charge is 2.30. The van der Waals surface area contributed by atoms with Crippen molar-refractivity contribution in [2.75, 3.05) is 39.1 Å². The minimum Gasteiger partial charge on any atom is -0.336 e. The number of rotatable bonds is 4. The van der Waals surface area contributed by atoms with Gasteiger partial charge in [-0.1, -0.05) is 0 Å². The third-order valence-corrected chi connectivity index (χ3v) is 5.22. The van der Waals surface area contributed by atoms with E-state index in [4.69, 9.17) is 0 Å². The Morgan fingerprint density at radius 1 is 1.29 bits per heavy atom. The summed E-state index contributed by atoms with van der Waals surface area (Å²) in [6.45, 7) is 1.86. The van der Waals surface area contributed by atoms with Crippen molar-refractivity contribution in [2.24, 2.45) is 0 Å². The molecule has 0 spiro atoms. The molecule has 0 N–H and O–H groups in total. The first-order valence-electron chi connectivity index (χ1n) is 8.82. The van der Waals surface area contributed by atoms with Gasteiger partial charge in [0.1, 0.15) is 0 Å². The average Bonchev–Trinajstić information content (AvgIpc) is 3.04. The van der Waals surface area contributed by atoms with Crippen molar-refractivity contribution in [3.05, 3.63) is 29.3 Å². The van der Waals surface area contributed by atoms with Crippen molar-refractivity contribution in [1.82, 2.24) is 9.80 Å². The fourth-order valence-electron chi connectivity index (χ4n) is 3.77. The minimum absolute atomic E-state index is 0.138. The van der Waals surface area contributed by atoms with Crippen LogP contribution in [0, 0.1) is 0 Å². The van der Waals surface area contributed by atoms with Crippen LogP contribution in [0.5, 0.6) is 0 Å². The zero-order valence-electron chi connectivity index (χ0n) is 14.9. The summed E-state index contributed by atoms with van der Waals surface area (Å²) >= 11 is 0. The topological polar surface area (TPSA) is 43.9 Å². The Balaban J connectivity index is 1.76. The van der Waals surface area contributed by atoms with Crippen LogP contribution in [0.25, 0.3) is 0 Å². The van der Waals surface area contributed by atoms with E-state index in [2.05, 4.69) is 19.0 Å². The molecule has 0 bridgehead atoms. The molecule has 0 aliphatic carbocycles. The first-order chi connectivity index (χ1) is 11.5. The largest absolute Gasteiger partial charge is 0.336 e. The molecule has 3 rings (SSSR count). The van der Waals surface area contributed by atoms with Gasteiger partial charge in [0.25, 0.3) is 5.91 Å². The number of hydrogen-bond donors (Lipinski definition) is 0. The molecular weight excluding hydrogens is 302 g/mol. The number of amides is 2. The second kappa shape index (κ2) is 6.93. The van der Waals surface area contributed by atoms with Crippen LogP contribution in [-0.4, -0.2) is 61.9 Å². The van der Waals surface area contributed by atoms with Crippen LogP contribution in [-0.2, 0) is 11.2 Å². The van der Waals surface area contributed by atoms with E-state index in [1.165, 1.54) is 0 Å². The van der Waals surface area contributed by atoms with E-state index in [0.29, 0.717) is 12.5 Å². The molecule has 1 atom stereocenters. The maximum atomic E-state index is 13.0. The zero-order chi connectivity index (χ0) is 17.3. The lowest BCUT2D eigenvalue weighted by Gasteiger charge is -2.28. The molecule has 130 valence electrons. The molecule has 2 aliphatic rings. The monoisotopic (exact) mass is 329 g/mol. The molecule has 24 heavy (non-hydrogen) atoms. The van der Waals surface area contributed by atoms with E-state index < -0.39 is 0 Å². The lowest BCUT2D eigenvalue weighted by molar-refractivity contribution is -0.118. The molecule has 2 aliphatic heterocycles. The van der Waals surface area contributed by atoms with E-state index in [1.54, 1.807) is 11.9 Å². The smallest absolute Gasteiger partial charge is 0.254 e. The molecule has 2 heterocycles. The van der Waals surface area contributed by atoms with E-state index in [-0.39, 0.29) is 11.8 Å². The summed E-state index contributed by atoms with van der Waals surface area (Å²) in [6, 6.07) is 6.13. The van der Waals surface area contributed by atoms with Crippen molar-refractivity contribution in [3.8, 4) is 0 Å². The first kappa shape index (κ1) is 17.0. The second-order valence-electron chi connectivity index (χ2n) is 7.18. The van der Waals surface area contributed by atoms with E-state index in [1.807, 2.05) is 23.1 Å².